The van der Waals surface area contributed by atoms with Crippen molar-refractivity contribution in [3.8, 4) is 0 Å². The zero-order valence-corrected chi connectivity index (χ0v) is 37.7. The second-order valence-electron chi connectivity index (χ2n) is 16.9. The van der Waals surface area contributed by atoms with Gasteiger partial charge in [0.15, 0.2) is 0 Å². The summed E-state index contributed by atoms with van der Waals surface area (Å²) in [5.41, 5.74) is 5.74. The van der Waals surface area contributed by atoms with Crippen LogP contribution in [0.1, 0.15) is 233 Å². The number of nitrogens with zero attached hydrogens (tertiary/aromatic N) is 3. The largest absolute Gasteiger partial charge is 0.466 e. The minimum atomic E-state index is -0.903. The van der Waals surface area contributed by atoms with Crippen LogP contribution in [0.25, 0.3) is 0 Å². The molecule has 3 N–H and O–H groups in total. The fourth-order valence-corrected chi connectivity index (χ4v) is 7.72. The van der Waals surface area contributed by atoms with Gasteiger partial charge < -0.3 is 30.1 Å². The molecule has 0 aromatic carbocycles. The second kappa shape index (κ2) is 39.3. The third-order valence-corrected chi connectivity index (χ3v) is 11.4. The maximum Gasteiger partial charge on any atom is 0.306 e. The normalized spacial score (nSPS) is 14.2. The van der Waals surface area contributed by atoms with Crippen LogP contribution in [0, 0.1) is 0 Å². The van der Waals surface area contributed by atoms with Gasteiger partial charge in [0.25, 0.3) is 0 Å². The Hall–Kier alpha value is -2.13. The molecule has 1 aliphatic heterocycles. The molecular formula is C48H92N4O5. The van der Waals surface area contributed by atoms with E-state index in [0.717, 1.165) is 110 Å². The highest BCUT2D eigenvalue weighted by molar-refractivity contribution is 5.91. The zero-order valence-electron chi connectivity index (χ0n) is 37.7. The molecule has 0 fully saturated rings. The van der Waals surface area contributed by atoms with E-state index in [2.05, 4.69) is 30.7 Å². The molecule has 1 atom stereocenters. The number of aliphatic hydroxyl groups excluding tert-OH is 1. The van der Waals surface area contributed by atoms with Gasteiger partial charge in [-0.1, -0.05) is 156 Å². The number of carbonyl (C=O) groups excluding carboxylic acids is 2. The van der Waals surface area contributed by atoms with Crippen molar-refractivity contribution < 1.29 is 24.2 Å². The summed E-state index contributed by atoms with van der Waals surface area (Å²) in [6.45, 7) is 11.2. The number of hydrogen-bond acceptors (Lipinski definition) is 9. The lowest BCUT2D eigenvalue weighted by atomic mass is 10.0. The zero-order chi connectivity index (χ0) is 41.4. The van der Waals surface area contributed by atoms with Crippen molar-refractivity contribution >= 4 is 17.8 Å². The summed E-state index contributed by atoms with van der Waals surface area (Å²) in [6, 6.07) is 0. The van der Waals surface area contributed by atoms with E-state index in [1.807, 2.05) is 11.1 Å². The Morgan fingerprint density at radius 2 is 1.07 bits per heavy atom. The predicted molar refractivity (Wildman–Crippen MR) is 240 cm³/mol. The Bertz CT molecular complexity index is 976. The Kier molecular flexibility index (Phi) is 36.5. The Balaban J connectivity index is 2.34. The quantitative estimate of drug-likeness (QED) is 0.0463. The van der Waals surface area contributed by atoms with Gasteiger partial charge in [-0.3, -0.25) is 9.59 Å². The van der Waals surface area contributed by atoms with E-state index < -0.39 is 6.35 Å². The van der Waals surface area contributed by atoms with Crippen molar-refractivity contribution in [1.29, 1.82) is 0 Å². The number of hydrogen-bond donors (Lipinski definition) is 2. The van der Waals surface area contributed by atoms with Crippen molar-refractivity contribution in [3.05, 3.63) is 12.3 Å². The molecule has 0 radical (unpaired) electrons. The van der Waals surface area contributed by atoms with Gasteiger partial charge in [0.05, 0.1) is 6.61 Å². The Labute approximate surface area is 351 Å². The molecule has 1 heterocycles. The molecule has 9 nitrogen and oxygen atoms in total. The highest BCUT2D eigenvalue weighted by Crippen LogP contribution is 2.19. The van der Waals surface area contributed by atoms with Crippen LogP contribution >= 0.6 is 0 Å². The molecule has 0 bridgehead atoms. The standard InChI is InChI=1S/C48H92N4O5/c1-4-7-10-13-18-25-33-44(34-26-19-14-11-8-5-2)57-47(54)36-28-21-17-23-30-39-51(40-32-41-52-42-37-45(49)50-48(52)55)38-29-22-16-20-27-35-46(53)56-43-31-24-15-12-9-6-3/h37,42,44,48,55H,4-36,38-41,43H2,1-3H3,(H2,49,50). The first-order valence-corrected chi connectivity index (χ1v) is 24.4. The minimum Gasteiger partial charge on any atom is -0.466 e. The van der Waals surface area contributed by atoms with E-state index in [-0.39, 0.29) is 18.0 Å². The first-order chi connectivity index (χ1) is 27.9. The molecule has 334 valence electrons. The highest BCUT2D eigenvalue weighted by Gasteiger charge is 2.16. The van der Waals surface area contributed by atoms with Crippen molar-refractivity contribution in [2.75, 3.05) is 32.8 Å². The van der Waals surface area contributed by atoms with Gasteiger partial charge in [-0.25, -0.2) is 4.99 Å². The fraction of sp³-hybridized carbons (Fsp3) is 0.896. The number of ether oxygens (including phenoxy) is 2. The SMILES string of the molecule is CCCCCCCCOC(=O)CCCCCCCN(CCCCCCCC(=O)OC(CCCCCCCC)CCCCCCCC)CCCN1C=CC(N)=NC1O. The van der Waals surface area contributed by atoms with Gasteiger partial charge in [0.1, 0.15) is 11.9 Å². The predicted octanol–water partition coefficient (Wildman–Crippen LogP) is 12.1. The molecule has 0 saturated carbocycles. The van der Waals surface area contributed by atoms with Gasteiger partial charge in [0, 0.05) is 25.6 Å². The third-order valence-electron chi connectivity index (χ3n) is 11.4. The Morgan fingerprint density at radius 1 is 0.632 bits per heavy atom. The summed E-state index contributed by atoms with van der Waals surface area (Å²) in [7, 11) is 0. The summed E-state index contributed by atoms with van der Waals surface area (Å²) in [6.07, 6.45) is 40.3. The van der Waals surface area contributed by atoms with Crippen LogP contribution in [0.3, 0.4) is 0 Å². The Morgan fingerprint density at radius 3 is 1.60 bits per heavy atom. The average molecular weight is 805 g/mol. The smallest absolute Gasteiger partial charge is 0.306 e. The maximum atomic E-state index is 12.8. The molecule has 0 spiro atoms. The summed E-state index contributed by atoms with van der Waals surface area (Å²) in [4.78, 5) is 33.4. The van der Waals surface area contributed by atoms with Crippen LogP contribution < -0.4 is 5.73 Å². The van der Waals surface area contributed by atoms with Crippen molar-refractivity contribution in [1.82, 2.24) is 9.80 Å². The highest BCUT2D eigenvalue weighted by atomic mass is 16.5. The van der Waals surface area contributed by atoms with Gasteiger partial charge in [-0.05, 0) is 89.9 Å². The number of unbranched alkanes of at least 4 members (excludes halogenated alkanes) is 23. The molecule has 0 saturated heterocycles. The van der Waals surface area contributed by atoms with E-state index in [0.29, 0.717) is 25.3 Å². The third kappa shape index (κ3) is 33.4. The van der Waals surface area contributed by atoms with Gasteiger partial charge in [-0.2, -0.15) is 0 Å². The van der Waals surface area contributed by atoms with Gasteiger partial charge in [-0.15, -0.1) is 0 Å². The monoisotopic (exact) mass is 805 g/mol. The van der Waals surface area contributed by atoms with Crippen LogP contribution in [0.2, 0.25) is 0 Å². The number of carbonyl (C=O) groups is 2. The molecule has 0 aromatic rings. The van der Waals surface area contributed by atoms with E-state index >= 15 is 0 Å². The molecule has 1 aliphatic rings. The molecular weight excluding hydrogens is 713 g/mol. The minimum absolute atomic E-state index is 0.00798. The lowest BCUT2D eigenvalue weighted by Gasteiger charge is -2.28. The summed E-state index contributed by atoms with van der Waals surface area (Å²) in [5.74, 6) is 0.329. The number of rotatable bonds is 42. The topological polar surface area (TPSA) is 118 Å². The molecule has 0 amide bonds. The molecule has 1 unspecified atom stereocenters. The molecule has 9 heteroatoms. The second-order valence-corrected chi connectivity index (χ2v) is 16.9. The van der Waals surface area contributed by atoms with Crippen LogP contribution in [0.4, 0.5) is 0 Å². The number of aliphatic hydroxyl groups is 1. The van der Waals surface area contributed by atoms with E-state index in [4.69, 9.17) is 15.2 Å². The van der Waals surface area contributed by atoms with Crippen LogP contribution in [0.15, 0.2) is 17.3 Å². The molecule has 0 aromatic heterocycles. The molecule has 0 aliphatic carbocycles. The van der Waals surface area contributed by atoms with Crippen LogP contribution in [-0.4, -0.2) is 77.9 Å². The first-order valence-electron chi connectivity index (χ1n) is 24.4. The molecule has 1 rings (SSSR count). The number of esters is 2. The first kappa shape index (κ1) is 52.9. The van der Waals surface area contributed by atoms with E-state index in [1.54, 1.807) is 6.08 Å². The number of amidine groups is 1. The van der Waals surface area contributed by atoms with E-state index in [9.17, 15) is 14.7 Å². The summed E-state index contributed by atoms with van der Waals surface area (Å²) < 4.78 is 11.5. The average Bonchev–Trinajstić information content (AvgIpc) is 3.19. The van der Waals surface area contributed by atoms with Crippen molar-refractivity contribution in [3.63, 3.8) is 0 Å². The lowest BCUT2D eigenvalue weighted by Crippen LogP contribution is -2.37. The van der Waals surface area contributed by atoms with Crippen LogP contribution in [0.5, 0.6) is 0 Å². The van der Waals surface area contributed by atoms with Crippen molar-refractivity contribution in [2.45, 2.75) is 245 Å². The van der Waals surface area contributed by atoms with Crippen LogP contribution in [-0.2, 0) is 19.1 Å². The summed E-state index contributed by atoms with van der Waals surface area (Å²) >= 11 is 0. The summed E-state index contributed by atoms with van der Waals surface area (Å²) in [5, 5.41) is 10.3. The number of nitrogens with two attached hydrogens (primary N) is 1. The van der Waals surface area contributed by atoms with Gasteiger partial charge >= 0.3 is 11.9 Å². The maximum absolute atomic E-state index is 12.8. The molecule has 57 heavy (non-hydrogen) atoms. The lowest BCUT2D eigenvalue weighted by molar-refractivity contribution is -0.150. The number of aliphatic imine (C=N–C) groups is 1. The van der Waals surface area contributed by atoms with Gasteiger partial charge in [0.2, 0.25) is 6.35 Å². The van der Waals surface area contributed by atoms with E-state index in [1.165, 1.54) is 116 Å². The van der Waals surface area contributed by atoms with Crippen molar-refractivity contribution in [2.24, 2.45) is 10.7 Å². The fourth-order valence-electron chi connectivity index (χ4n) is 7.72.